The third-order valence-corrected chi connectivity index (χ3v) is 6.50. The van der Waals surface area contributed by atoms with Crippen molar-refractivity contribution in [3.8, 4) is 5.75 Å². The van der Waals surface area contributed by atoms with Gasteiger partial charge in [0.25, 0.3) is 0 Å². The molecule has 1 aliphatic carbocycles. The third kappa shape index (κ3) is 3.57. The molecule has 132 valence electrons. The van der Waals surface area contributed by atoms with Crippen LogP contribution < -0.4 is 10.1 Å². The Hall–Kier alpha value is -1.60. The molecule has 6 nitrogen and oxygen atoms in total. The van der Waals surface area contributed by atoms with Crippen LogP contribution in [0.15, 0.2) is 23.1 Å². The van der Waals surface area contributed by atoms with E-state index in [9.17, 15) is 13.2 Å². The number of piperidine rings is 1. The number of hydrogen-bond acceptors (Lipinski definition) is 4. The molecule has 1 N–H and O–H groups in total. The molecule has 1 aliphatic heterocycles. The smallest absolute Gasteiger partial charge is 0.246 e. The van der Waals surface area contributed by atoms with Crippen molar-refractivity contribution >= 4 is 15.9 Å². The van der Waals surface area contributed by atoms with Crippen molar-refractivity contribution in [2.24, 2.45) is 5.92 Å². The molecule has 0 spiro atoms. The van der Waals surface area contributed by atoms with E-state index in [1.165, 1.54) is 11.4 Å². The van der Waals surface area contributed by atoms with E-state index in [0.29, 0.717) is 24.8 Å². The van der Waals surface area contributed by atoms with Crippen LogP contribution in [0.1, 0.15) is 31.2 Å². The van der Waals surface area contributed by atoms with Gasteiger partial charge < -0.3 is 10.1 Å². The molecule has 1 saturated carbocycles. The number of rotatable bonds is 5. The standard InChI is InChI=1S/C17H24N2O4S/c1-12-5-8-15(23-2)16(10-12)24(21,22)19-9-3-4-13(11-19)17(20)18-14-6-7-14/h5,8,10,13-14H,3-4,6-7,9,11H2,1-2H3,(H,18,20)/t13-/m0/s1. The summed E-state index contributed by atoms with van der Waals surface area (Å²) >= 11 is 0. The highest BCUT2D eigenvalue weighted by molar-refractivity contribution is 7.89. The summed E-state index contributed by atoms with van der Waals surface area (Å²) in [6.45, 7) is 2.52. The summed E-state index contributed by atoms with van der Waals surface area (Å²) in [4.78, 5) is 12.5. The van der Waals surface area contributed by atoms with Crippen LogP contribution in [0.4, 0.5) is 0 Å². The number of amides is 1. The minimum absolute atomic E-state index is 0.0198. The molecular weight excluding hydrogens is 328 g/mol. The number of carbonyl (C=O) groups excluding carboxylic acids is 1. The fraction of sp³-hybridized carbons (Fsp3) is 0.588. The van der Waals surface area contributed by atoms with E-state index in [4.69, 9.17) is 4.74 Å². The maximum Gasteiger partial charge on any atom is 0.246 e. The molecule has 0 bridgehead atoms. The molecule has 2 aliphatic rings. The Morgan fingerprint density at radius 3 is 2.71 bits per heavy atom. The van der Waals surface area contributed by atoms with Crippen LogP contribution in [0.25, 0.3) is 0 Å². The first-order chi connectivity index (χ1) is 11.4. The van der Waals surface area contributed by atoms with Crippen LogP contribution in [0, 0.1) is 12.8 Å². The van der Waals surface area contributed by atoms with E-state index in [1.807, 2.05) is 13.0 Å². The number of methoxy groups -OCH3 is 1. The Morgan fingerprint density at radius 2 is 2.04 bits per heavy atom. The zero-order chi connectivity index (χ0) is 17.3. The highest BCUT2D eigenvalue weighted by Crippen LogP contribution is 2.31. The summed E-state index contributed by atoms with van der Waals surface area (Å²) < 4.78 is 32.7. The summed E-state index contributed by atoms with van der Waals surface area (Å²) in [6.07, 6.45) is 3.48. The van der Waals surface area contributed by atoms with Crippen LogP contribution in [-0.2, 0) is 14.8 Å². The molecule has 3 rings (SSSR count). The molecule has 1 amide bonds. The quantitative estimate of drug-likeness (QED) is 0.875. The summed E-state index contributed by atoms with van der Waals surface area (Å²) in [5, 5.41) is 2.98. The molecular formula is C17H24N2O4S. The van der Waals surface area contributed by atoms with E-state index in [0.717, 1.165) is 24.8 Å². The average molecular weight is 352 g/mol. The molecule has 1 saturated heterocycles. The number of carbonyl (C=O) groups is 1. The lowest BCUT2D eigenvalue weighted by Gasteiger charge is -2.31. The van der Waals surface area contributed by atoms with Crippen LogP contribution >= 0.6 is 0 Å². The maximum atomic E-state index is 13.0. The van der Waals surface area contributed by atoms with E-state index in [1.54, 1.807) is 12.1 Å². The highest BCUT2D eigenvalue weighted by atomic mass is 32.2. The minimum atomic E-state index is -3.68. The number of ether oxygens (including phenoxy) is 1. The first-order valence-corrected chi connectivity index (χ1v) is 9.81. The Kier molecular flexibility index (Phi) is 4.83. The molecule has 1 atom stereocenters. The zero-order valence-corrected chi connectivity index (χ0v) is 14.9. The summed E-state index contributed by atoms with van der Waals surface area (Å²) in [5.41, 5.74) is 0.856. The average Bonchev–Trinajstić information content (AvgIpc) is 3.39. The topological polar surface area (TPSA) is 75.7 Å². The van der Waals surface area contributed by atoms with Gasteiger partial charge in [0.05, 0.1) is 13.0 Å². The van der Waals surface area contributed by atoms with E-state index >= 15 is 0 Å². The van der Waals surface area contributed by atoms with Crippen molar-refractivity contribution in [3.63, 3.8) is 0 Å². The minimum Gasteiger partial charge on any atom is -0.495 e. The SMILES string of the molecule is COc1ccc(C)cc1S(=O)(=O)N1CCC[C@H](C(=O)NC2CC2)C1. The molecule has 1 aromatic rings. The van der Waals surface area contributed by atoms with Gasteiger partial charge in [0.2, 0.25) is 15.9 Å². The van der Waals surface area contributed by atoms with Gasteiger partial charge in [0, 0.05) is 19.1 Å². The Labute approximate surface area is 143 Å². The van der Waals surface area contributed by atoms with E-state index < -0.39 is 10.0 Å². The lowest BCUT2D eigenvalue weighted by atomic mass is 9.99. The van der Waals surface area contributed by atoms with Crippen molar-refractivity contribution in [3.05, 3.63) is 23.8 Å². The molecule has 0 radical (unpaired) electrons. The van der Waals surface area contributed by atoms with Crippen molar-refractivity contribution < 1.29 is 17.9 Å². The Balaban J connectivity index is 1.81. The van der Waals surface area contributed by atoms with Gasteiger partial charge in [-0.05, 0) is 50.3 Å². The number of aryl methyl sites for hydroxylation is 1. The van der Waals surface area contributed by atoms with Gasteiger partial charge in [-0.2, -0.15) is 4.31 Å². The van der Waals surface area contributed by atoms with Gasteiger partial charge in [-0.15, -0.1) is 0 Å². The fourth-order valence-electron chi connectivity index (χ4n) is 3.05. The van der Waals surface area contributed by atoms with Crippen molar-refractivity contribution in [2.75, 3.05) is 20.2 Å². The highest BCUT2D eigenvalue weighted by Gasteiger charge is 2.36. The molecule has 24 heavy (non-hydrogen) atoms. The first kappa shape index (κ1) is 17.2. The number of hydrogen-bond donors (Lipinski definition) is 1. The van der Waals surface area contributed by atoms with E-state index in [-0.39, 0.29) is 23.3 Å². The Bertz CT molecular complexity index is 728. The zero-order valence-electron chi connectivity index (χ0n) is 14.1. The molecule has 1 aromatic carbocycles. The number of benzene rings is 1. The van der Waals surface area contributed by atoms with Crippen molar-refractivity contribution in [1.29, 1.82) is 0 Å². The van der Waals surface area contributed by atoms with Crippen LogP contribution in [0.2, 0.25) is 0 Å². The second-order valence-electron chi connectivity index (χ2n) is 6.64. The predicted molar refractivity (Wildman–Crippen MR) is 90.4 cm³/mol. The number of sulfonamides is 1. The van der Waals surface area contributed by atoms with Gasteiger partial charge >= 0.3 is 0 Å². The molecule has 2 fully saturated rings. The number of nitrogens with zero attached hydrogens (tertiary/aromatic N) is 1. The van der Waals surface area contributed by atoms with Gasteiger partial charge in [0.15, 0.2) is 0 Å². The third-order valence-electron chi connectivity index (χ3n) is 4.62. The monoisotopic (exact) mass is 352 g/mol. The van der Waals surface area contributed by atoms with E-state index in [2.05, 4.69) is 5.32 Å². The van der Waals surface area contributed by atoms with Crippen LogP contribution in [0.5, 0.6) is 5.75 Å². The molecule has 0 aromatic heterocycles. The fourth-order valence-corrected chi connectivity index (χ4v) is 4.81. The lowest BCUT2D eigenvalue weighted by molar-refractivity contribution is -0.126. The molecule has 0 unspecified atom stereocenters. The number of nitrogens with one attached hydrogen (secondary N) is 1. The lowest BCUT2D eigenvalue weighted by Crippen LogP contribution is -2.45. The van der Waals surface area contributed by atoms with Gasteiger partial charge in [-0.25, -0.2) is 8.42 Å². The largest absolute Gasteiger partial charge is 0.495 e. The summed E-state index contributed by atoms with van der Waals surface area (Å²) in [7, 11) is -2.21. The normalized spacial score (nSPS) is 22.2. The molecule has 1 heterocycles. The molecule has 7 heteroatoms. The second kappa shape index (κ2) is 6.72. The van der Waals surface area contributed by atoms with Gasteiger partial charge in [-0.3, -0.25) is 4.79 Å². The second-order valence-corrected chi connectivity index (χ2v) is 8.55. The summed E-state index contributed by atoms with van der Waals surface area (Å²) in [6, 6.07) is 5.41. The van der Waals surface area contributed by atoms with Gasteiger partial charge in [0.1, 0.15) is 10.6 Å². The Morgan fingerprint density at radius 1 is 1.29 bits per heavy atom. The first-order valence-electron chi connectivity index (χ1n) is 8.37. The van der Waals surface area contributed by atoms with Crippen molar-refractivity contribution in [1.82, 2.24) is 9.62 Å². The van der Waals surface area contributed by atoms with Crippen LogP contribution in [0.3, 0.4) is 0 Å². The van der Waals surface area contributed by atoms with Crippen LogP contribution in [-0.4, -0.2) is 44.9 Å². The predicted octanol–water partition coefficient (Wildman–Crippen LogP) is 1.68. The van der Waals surface area contributed by atoms with Gasteiger partial charge in [-0.1, -0.05) is 6.07 Å². The maximum absolute atomic E-state index is 13.0. The van der Waals surface area contributed by atoms with Crippen molar-refractivity contribution in [2.45, 2.75) is 43.5 Å². The summed E-state index contributed by atoms with van der Waals surface area (Å²) in [5.74, 6) is 0.0451.